The summed E-state index contributed by atoms with van der Waals surface area (Å²) in [5.41, 5.74) is 3.20. The quantitative estimate of drug-likeness (QED) is 0.646. The Bertz CT molecular complexity index is 868. The molecule has 2 aromatic carbocycles. The van der Waals surface area contributed by atoms with Crippen LogP contribution in [0.5, 0.6) is 0 Å². The molecule has 1 aromatic heterocycles. The van der Waals surface area contributed by atoms with Gasteiger partial charge in [-0.05, 0) is 35.7 Å². The molecule has 0 bridgehead atoms. The second-order valence-electron chi connectivity index (χ2n) is 5.58. The van der Waals surface area contributed by atoms with Crippen molar-refractivity contribution in [2.45, 2.75) is 13.1 Å². The lowest BCUT2D eigenvalue weighted by atomic mass is 10.2. The molecule has 2 heterocycles. The van der Waals surface area contributed by atoms with Crippen molar-refractivity contribution in [3.63, 3.8) is 0 Å². The van der Waals surface area contributed by atoms with E-state index in [2.05, 4.69) is 50.8 Å². The number of carbonyl (C=O) groups excluding carboxylic acids is 1. The summed E-state index contributed by atoms with van der Waals surface area (Å²) in [6.45, 7) is 2.26. The maximum atomic E-state index is 12.7. The van der Waals surface area contributed by atoms with Crippen LogP contribution in [0.2, 0.25) is 0 Å². The van der Waals surface area contributed by atoms with E-state index in [1.54, 1.807) is 0 Å². The molecule has 0 saturated carbocycles. The number of hydrogen-bond acceptors (Lipinski definition) is 1. The zero-order valence-electron chi connectivity index (χ0n) is 12.0. The average Bonchev–Trinajstić information content (AvgIpc) is 2.91. The third-order valence-corrected chi connectivity index (χ3v) is 4.69. The Morgan fingerprint density at radius 2 is 1.86 bits per heavy atom. The van der Waals surface area contributed by atoms with E-state index in [-0.39, 0.29) is 5.91 Å². The van der Waals surface area contributed by atoms with Gasteiger partial charge in [0.05, 0.1) is 6.54 Å². The predicted octanol–water partition coefficient (Wildman–Crippen LogP) is 4.06. The second-order valence-corrected chi connectivity index (χ2v) is 6.50. The van der Waals surface area contributed by atoms with Gasteiger partial charge in [-0.1, -0.05) is 40.2 Å². The van der Waals surface area contributed by atoms with Crippen molar-refractivity contribution in [3.05, 3.63) is 70.3 Å². The van der Waals surface area contributed by atoms with E-state index in [9.17, 15) is 4.79 Å². The van der Waals surface area contributed by atoms with Crippen LogP contribution in [0.3, 0.4) is 0 Å². The standard InChI is InChI=1S/C18H15BrN2O/c19-15-6-3-5-14(10-15)18(22)20-8-9-21-16(12-20)11-13-4-1-2-7-17(13)21/h1-7,10-11H,8-9,12H2. The summed E-state index contributed by atoms with van der Waals surface area (Å²) in [5.74, 6) is 0.0952. The van der Waals surface area contributed by atoms with Gasteiger partial charge in [0.25, 0.3) is 5.91 Å². The summed E-state index contributed by atoms with van der Waals surface area (Å²) in [7, 11) is 0. The first kappa shape index (κ1) is 13.6. The molecule has 1 amide bonds. The zero-order valence-corrected chi connectivity index (χ0v) is 13.6. The van der Waals surface area contributed by atoms with E-state index in [0.29, 0.717) is 6.54 Å². The molecule has 0 radical (unpaired) electrons. The van der Waals surface area contributed by atoms with Gasteiger partial charge in [0, 0.05) is 34.3 Å². The van der Waals surface area contributed by atoms with Crippen LogP contribution in [0, 0.1) is 0 Å². The average molecular weight is 355 g/mol. The smallest absolute Gasteiger partial charge is 0.254 e. The normalized spacial score (nSPS) is 14.1. The fraction of sp³-hybridized carbons (Fsp3) is 0.167. The lowest BCUT2D eigenvalue weighted by Crippen LogP contribution is -2.38. The van der Waals surface area contributed by atoms with Crippen molar-refractivity contribution in [1.29, 1.82) is 0 Å². The number of halogens is 1. The van der Waals surface area contributed by atoms with E-state index in [1.807, 2.05) is 29.2 Å². The van der Waals surface area contributed by atoms with E-state index < -0.39 is 0 Å². The first-order valence-electron chi connectivity index (χ1n) is 7.34. The number of rotatable bonds is 1. The molecule has 4 rings (SSSR count). The third kappa shape index (κ3) is 2.24. The van der Waals surface area contributed by atoms with Gasteiger partial charge >= 0.3 is 0 Å². The van der Waals surface area contributed by atoms with Gasteiger partial charge in [0.2, 0.25) is 0 Å². The fourth-order valence-electron chi connectivity index (χ4n) is 3.14. The van der Waals surface area contributed by atoms with Crippen molar-refractivity contribution in [2.75, 3.05) is 6.54 Å². The molecule has 4 heteroatoms. The molecule has 0 saturated heterocycles. The summed E-state index contributed by atoms with van der Waals surface area (Å²) in [4.78, 5) is 14.6. The number of hydrogen-bond donors (Lipinski definition) is 0. The van der Waals surface area contributed by atoms with Crippen molar-refractivity contribution in [3.8, 4) is 0 Å². The molecule has 3 aromatic rings. The van der Waals surface area contributed by atoms with E-state index in [1.165, 1.54) is 16.6 Å². The minimum atomic E-state index is 0.0952. The Balaban J connectivity index is 1.65. The zero-order chi connectivity index (χ0) is 15.1. The van der Waals surface area contributed by atoms with Crippen LogP contribution in [-0.2, 0) is 13.1 Å². The highest BCUT2D eigenvalue weighted by Crippen LogP contribution is 2.25. The minimum absolute atomic E-state index is 0.0952. The molecule has 0 N–H and O–H groups in total. The van der Waals surface area contributed by atoms with E-state index in [0.717, 1.165) is 23.1 Å². The maximum absolute atomic E-state index is 12.7. The molecule has 22 heavy (non-hydrogen) atoms. The van der Waals surface area contributed by atoms with Crippen molar-refractivity contribution < 1.29 is 4.79 Å². The molecule has 3 nitrogen and oxygen atoms in total. The lowest BCUT2D eigenvalue weighted by molar-refractivity contribution is 0.0712. The monoisotopic (exact) mass is 354 g/mol. The van der Waals surface area contributed by atoms with Gasteiger partial charge in [-0.25, -0.2) is 0 Å². The Morgan fingerprint density at radius 1 is 1.00 bits per heavy atom. The van der Waals surface area contributed by atoms with Gasteiger partial charge in [0.1, 0.15) is 0 Å². The Morgan fingerprint density at radius 3 is 2.73 bits per heavy atom. The predicted molar refractivity (Wildman–Crippen MR) is 90.8 cm³/mol. The molecule has 0 atom stereocenters. The van der Waals surface area contributed by atoms with Crippen LogP contribution in [0.1, 0.15) is 16.1 Å². The second kappa shape index (κ2) is 5.29. The molecule has 110 valence electrons. The summed E-state index contributed by atoms with van der Waals surface area (Å²) < 4.78 is 3.25. The van der Waals surface area contributed by atoms with E-state index in [4.69, 9.17) is 0 Å². The largest absolute Gasteiger partial charge is 0.341 e. The summed E-state index contributed by atoms with van der Waals surface area (Å²) in [5, 5.41) is 1.24. The number of benzene rings is 2. The first-order chi connectivity index (χ1) is 10.7. The molecule has 0 unspecified atom stereocenters. The highest BCUT2D eigenvalue weighted by Gasteiger charge is 2.23. The Labute approximate surface area is 137 Å². The van der Waals surface area contributed by atoms with Crippen LogP contribution >= 0.6 is 15.9 Å². The summed E-state index contributed by atoms with van der Waals surface area (Å²) >= 11 is 3.43. The fourth-order valence-corrected chi connectivity index (χ4v) is 3.53. The van der Waals surface area contributed by atoms with Crippen LogP contribution in [0.4, 0.5) is 0 Å². The van der Waals surface area contributed by atoms with Gasteiger partial charge in [-0.3, -0.25) is 4.79 Å². The Kier molecular flexibility index (Phi) is 3.26. The molecule has 0 fully saturated rings. The number of fused-ring (bicyclic) bond motifs is 3. The van der Waals surface area contributed by atoms with Crippen LogP contribution in [-0.4, -0.2) is 21.9 Å². The highest BCUT2D eigenvalue weighted by molar-refractivity contribution is 9.10. The minimum Gasteiger partial charge on any atom is -0.341 e. The number of amides is 1. The Hall–Kier alpha value is -2.07. The third-order valence-electron chi connectivity index (χ3n) is 4.20. The number of carbonyl (C=O) groups is 1. The molecule has 0 aliphatic carbocycles. The van der Waals surface area contributed by atoms with Gasteiger partial charge < -0.3 is 9.47 Å². The summed E-state index contributed by atoms with van der Waals surface area (Å²) in [6.07, 6.45) is 0. The maximum Gasteiger partial charge on any atom is 0.254 e. The highest BCUT2D eigenvalue weighted by atomic mass is 79.9. The summed E-state index contributed by atoms with van der Waals surface area (Å²) in [6, 6.07) is 18.2. The van der Waals surface area contributed by atoms with Crippen molar-refractivity contribution in [1.82, 2.24) is 9.47 Å². The van der Waals surface area contributed by atoms with Gasteiger partial charge in [0.15, 0.2) is 0 Å². The first-order valence-corrected chi connectivity index (χ1v) is 8.14. The lowest BCUT2D eigenvalue weighted by Gasteiger charge is -2.29. The topological polar surface area (TPSA) is 25.2 Å². The molecule has 0 spiro atoms. The van der Waals surface area contributed by atoms with Crippen molar-refractivity contribution >= 4 is 32.7 Å². The number of nitrogens with zero attached hydrogens (tertiary/aromatic N) is 2. The van der Waals surface area contributed by atoms with Gasteiger partial charge in [-0.15, -0.1) is 0 Å². The molecule has 1 aliphatic heterocycles. The molecular formula is C18H15BrN2O. The number of para-hydroxylation sites is 1. The van der Waals surface area contributed by atoms with Gasteiger partial charge in [-0.2, -0.15) is 0 Å². The number of aromatic nitrogens is 1. The SMILES string of the molecule is O=C(c1cccc(Br)c1)N1CCn2c(cc3ccccc32)C1. The van der Waals surface area contributed by atoms with Crippen LogP contribution in [0.15, 0.2) is 59.1 Å². The molecular weight excluding hydrogens is 340 g/mol. The molecule has 1 aliphatic rings. The van der Waals surface area contributed by atoms with Crippen molar-refractivity contribution in [2.24, 2.45) is 0 Å². The van der Waals surface area contributed by atoms with Crippen LogP contribution < -0.4 is 0 Å². The van der Waals surface area contributed by atoms with E-state index >= 15 is 0 Å². The van der Waals surface area contributed by atoms with Crippen LogP contribution in [0.25, 0.3) is 10.9 Å².